The second-order valence-corrected chi connectivity index (χ2v) is 12.2. The van der Waals surface area contributed by atoms with Crippen molar-refractivity contribution in [3.05, 3.63) is 64.7 Å². The number of halogens is 2. The molecule has 1 saturated heterocycles. The van der Waals surface area contributed by atoms with Gasteiger partial charge in [-0.3, -0.25) is 9.59 Å². The molecule has 0 aromatic heterocycles. The summed E-state index contributed by atoms with van der Waals surface area (Å²) < 4.78 is 41.2. The predicted octanol–water partition coefficient (Wildman–Crippen LogP) is 7.83. The fourth-order valence-corrected chi connectivity index (χ4v) is 5.83. The number of fused-ring (bicyclic) bond motifs is 1. The van der Waals surface area contributed by atoms with Crippen molar-refractivity contribution in [2.45, 2.75) is 96.7 Å². The summed E-state index contributed by atoms with van der Waals surface area (Å²) in [6, 6.07) is 13.4. The van der Waals surface area contributed by atoms with Crippen LogP contribution in [0.25, 0.3) is 0 Å². The molecule has 1 unspecified atom stereocenters. The maximum absolute atomic E-state index is 14.9. The molecule has 2 aliphatic rings. The fourth-order valence-electron chi connectivity index (χ4n) is 5.83. The molecular formula is C33H41F2NO5. The molecule has 0 spiro atoms. The van der Waals surface area contributed by atoms with Crippen LogP contribution in [0.15, 0.2) is 42.5 Å². The number of piperidine rings is 1. The van der Waals surface area contributed by atoms with Gasteiger partial charge >= 0.3 is 6.09 Å². The van der Waals surface area contributed by atoms with Crippen LogP contribution < -0.4 is 4.74 Å². The quantitative estimate of drug-likeness (QED) is 0.227. The Balaban J connectivity index is 1.40. The van der Waals surface area contributed by atoms with Crippen LogP contribution in [0.1, 0.15) is 111 Å². The lowest BCUT2D eigenvalue weighted by Crippen LogP contribution is -2.51. The number of ketones is 2. The third kappa shape index (κ3) is 7.14. The first kappa shape index (κ1) is 30.7. The number of carbonyl (C=O) groups is 3. The van der Waals surface area contributed by atoms with Crippen molar-refractivity contribution < 1.29 is 32.6 Å². The number of hydrogen-bond donors (Lipinski definition) is 0. The third-order valence-corrected chi connectivity index (χ3v) is 7.93. The summed E-state index contributed by atoms with van der Waals surface area (Å²) in [4.78, 5) is 39.5. The molecule has 41 heavy (non-hydrogen) atoms. The Morgan fingerprint density at radius 2 is 1.78 bits per heavy atom. The maximum atomic E-state index is 14.9. The first-order valence-electron chi connectivity index (χ1n) is 14.6. The Bertz CT molecular complexity index is 1270. The number of unbranched alkanes of at least 4 members (excludes halogenated alkanes) is 1. The number of rotatable bonds is 9. The summed E-state index contributed by atoms with van der Waals surface area (Å²) in [6.45, 7) is 8.43. The molecule has 3 atom stereocenters. The topological polar surface area (TPSA) is 72.9 Å². The van der Waals surface area contributed by atoms with E-state index >= 15 is 0 Å². The number of likely N-dealkylation sites (tertiary alicyclic amines) is 1. The molecule has 0 radical (unpaired) electrons. The summed E-state index contributed by atoms with van der Waals surface area (Å²) in [5, 5.41) is 0. The monoisotopic (exact) mass is 569 g/mol. The standard InChI is InChI=1S/C33H41F2NO5/c1-6-27(37)25-18-23(19-26-29(21(2)40-30(25)26)22-12-8-7-9-13-22)28(38)15-11-10-14-24-16-17-36(20-33(24,34)35)31(39)41-32(3,4)5/h7-9,12-13,18-19,21,24,29H,6,10-11,14-17,20H2,1-5H3/t21-,24?,29+/m1/s1. The molecule has 8 heteroatoms. The molecule has 1 fully saturated rings. The van der Waals surface area contributed by atoms with Crippen LogP contribution in [0, 0.1) is 5.92 Å². The summed E-state index contributed by atoms with van der Waals surface area (Å²) in [5.74, 6) is -3.62. The molecule has 0 saturated carbocycles. The van der Waals surface area contributed by atoms with E-state index in [1.165, 1.54) is 0 Å². The highest BCUT2D eigenvalue weighted by Crippen LogP contribution is 2.45. The van der Waals surface area contributed by atoms with E-state index in [9.17, 15) is 23.2 Å². The van der Waals surface area contributed by atoms with Crippen LogP contribution in [-0.2, 0) is 4.74 Å². The van der Waals surface area contributed by atoms with Crippen LogP contribution in [-0.4, -0.2) is 53.3 Å². The van der Waals surface area contributed by atoms with Gasteiger partial charge in [0.2, 0.25) is 0 Å². The van der Waals surface area contributed by atoms with Crippen LogP contribution in [0.5, 0.6) is 5.75 Å². The van der Waals surface area contributed by atoms with Crippen molar-refractivity contribution in [1.29, 1.82) is 0 Å². The molecule has 0 N–H and O–H groups in total. The number of carbonyl (C=O) groups excluding carboxylic acids is 3. The van der Waals surface area contributed by atoms with Gasteiger partial charge in [0.15, 0.2) is 11.6 Å². The minimum Gasteiger partial charge on any atom is -0.489 e. The Labute approximate surface area is 241 Å². The summed E-state index contributed by atoms with van der Waals surface area (Å²) in [6.07, 6.45) is 0.975. The van der Waals surface area contributed by atoms with Crippen LogP contribution >= 0.6 is 0 Å². The van der Waals surface area contributed by atoms with Gasteiger partial charge in [0.25, 0.3) is 5.92 Å². The van der Waals surface area contributed by atoms with Gasteiger partial charge in [0, 0.05) is 42.3 Å². The molecule has 6 nitrogen and oxygen atoms in total. The predicted molar refractivity (Wildman–Crippen MR) is 153 cm³/mol. The minimum atomic E-state index is -3.02. The molecule has 0 bridgehead atoms. The first-order valence-corrected chi connectivity index (χ1v) is 14.6. The smallest absolute Gasteiger partial charge is 0.410 e. The number of ether oxygens (including phenoxy) is 2. The molecule has 2 heterocycles. The lowest BCUT2D eigenvalue weighted by atomic mass is 9.85. The molecule has 2 aromatic carbocycles. The molecule has 4 rings (SSSR count). The van der Waals surface area contributed by atoms with Crippen molar-refractivity contribution in [2.75, 3.05) is 13.1 Å². The number of benzene rings is 2. The van der Waals surface area contributed by atoms with Crippen molar-refractivity contribution >= 4 is 17.7 Å². The zero-order valence-corrected chi connectivity index (χ0v) is 24.7. The van der Waals surface area contributed by atoms with E-state index in [1.54, 1.807) is 33.8 Å². The average Bonchev–Trinajstić information content (AvgIpc) is 3.25. The largest absolute Gasteiger partial charge is 0.489 e. The molecule has 2 aliphatic heterocycles. The number of hydrogen-bond acceptors (Lipinski definition) is 5. The van der Waals surface area contributed by atoms with E-state index < -0.39 is 30.1 Å². The van der Waals surface area contributed by atoms with E-state index in [2.05, 4.69) is 0 Å². The number of amides is 1. The maximum Gasteiger partial charge on any atom is 0.410 e. The van der Waals surface area contributed by atoms with E-state index in [1.807, 2.05) is 43.3 Å². The van der Waals surface area contributed by atoms with Crippen molar-refractivity contribution in [3.63, 3.8) is 0 Å². The SMILES string of the molecule is CCC(=O)c1cc(C(=O)CCCCC2CCN(C(=O)OC(C)(C)C)CC2(F)F)cc2c1O[C@H](C)[C@H]2c1ccccc1. The Morgan fingerprint density at radius 3 is 2.41 bits per heavy atom. The van der Waals surface area contributed by atoms with Gasteiger partial charge < -0.3 is 14.4 Å². The highest BCUT2D eigenvalue weighted by molar-refractivity contribution is 6.04. The average molecular weight is 570 g/mol. The zero-order chi connectivity index (χ0) is 29.9. The summed E-state index contributed by atoms with van der Waals surface area (Å²) in [5.41, 5.74) is 2.03. The lowest BCUT2D eigenvalue weighted by molar-refractivity contribution is -0.112. The first-order chi connectivity index (χ1) is 19.3. The van der Waals surface area contributed by atoms with Crippen LogP contribution in [0.4, 0.5) is 13.6 Å². The molecular weight excluding hydrogens is 528 g/mol. The Morgan fingerprint density at radius 1 is 1.07 bits per heavy atom. The minimum absolute atomic E-state index is 0.0863. The number of alkyl halides is 2. The van der Waals surface area contributed by atoms with Gasteiger partial charge in [0.05, 0.1) is 12.1 Å². The zero-order valence-electron chi connectivity index (χ0n) is 24.7. The van der Waals surface area contributed by atoms with Gasteiger partial charge in [-0.2, -0.15) is 0 Å². The fraction of sp³-hybridized carbons (Fsp3) is 0.545. The van der Waals surface area contributed by atoms with Crippen molar-refractivity contribution in [1.82, 2.24) is 4.90 Å². The Hall–Kier alpha value is -3.29. The summed E-state index contributed by atoms with van der Waals surface area (Å²) in [7, 11) is 0. The molecule has 2 aromatic rings. The van der Waals surface area contributed by atoms with Crippen molar-refractivity contribution in [3.8, 4) is 5.75 Å². The molecule has 222 valence electrons. The van der Waals surface area contributed by atoms with Gasteiger partial charge in [-0.1, -0.05) is 43.7 Å². The van der Waals surface area contributed by atoms with E-state index in [-0.39, 0.29) is 49.4 Å². The highest BCUT2D eigenvalue weighted by Gasteiger charge is 2.46. The lowest BCUT2D eigenvalue weighted by Gasteiger charge is -2.38. The molecule has 1 amide bonds. The highest BCUT2D eigenvalue weighted by atomic mass is 19.3. The van der Waals surface area contributed by atoms with E-state index in [0.717, 1.165) is 16.0 Å². The van der Waals surface area contributed by atoms with Crippen molar-refractivity contribution in [2.24, 2.45) is 5.92 Å². The Kier molecular flexibility index (Phi) is 9.19. The number of Topliss-reactive ketones (excluding diaryl/α,β-unsaturated/α-hetero) is 2. The second-order valence-electron chi connectivity index (χ2n) is 12.2. The number of nitrogens with zero attached hydrogens (tertiary/aromatic N) is 1. The molecule has 0 aliphatic carbocycles. The van der Waals surface area contributed by atoms with E-state index in [0.29, 0.717) is 36.1 Å². The van der Waals surface area contributed by atoms with E-state index in [4.69, 9.17) is 9.47 Å². The van der Waals surface area contributed by atoms with Gasteiger partial charge in [0.1, 0.15) is 17.5 Å². The van der Waals surface area contributed by atoms with Gasteiger partial charge in [-0.15, -0.1) is 0 Å². The van der Waals surface area contributed by atoms with Crippen LogP contribution in [0.2, 0.25) is 0 Å². The third-order valence-electron chi connectivity index (χ3n) is 7.93. The second kappa shape index (κ2) is 12.3. The summed E-state index contributed by atoms with van der Waals surface area (Å²) >= 11 is 0. The van der Waals surface area contributed by atoms with Gasteiger partial charge in [-0.25, -0.2) is 13.6 Å². The van der Waals surface area contributed by atoms with Gasteiger partial charge in [-0.05, 0) is 64.7 Å². The normalized spacial score (nSPS) is 21.6. The van der Waals surface area contributed by atoms with Crippen LogP contribution in [0.3, 0.4) is 0 Å².